The van der Waals surface area contributed by atoms with Crippen molar-refractivity contribution in [3.8, 4) is 5.75 Å². The van der Waals surface area contributed by atoms with Crippen molar-refractivity contribution in [1.82, 2.24) is 5.32 Å². The van der Waals surface area contributed by atoms with Crippen LogP contribution < -0.4 is 26.4 Å². The van der Waals surface area contributed by atoms with Crippen LogP contribution in [0.2, 0.25) is 0 Å². The molecule has 2 rings (SSSR count). The SMILES string of the molecule is COc1ccc(NC(N)=NCc2ccc(NC(=O)NC(C)C)cc2)cc1. The number of amides is 2. The first-order valence-corrected chi connectivity index (χ1v) is 8.33. The van der Waals surface area contributed by atoms with Crippen molar-refractivity contribution in [2.45, 2.75) is 26.4 Å². The number of carbonyl (C=O) groups excluding carboxylic acids is 1. The van der Waals surface area contributed by atoms with Crippen LogP contribution in [0.1, 0.15) is 19.4 Å². The van der Waals surface area contributed by atoms with Gasteiger partial charge in [-0.25, -0.2) is 9.79 Å². The molecule has 0 spiro atoms. The third-order valence-corrected chi connectivity index (χ3v) is 3.43. The summed E-state index contributed by atoms with van der Waals surface area (Å²) in [7, 11) is 1.62. The van der Waals surface area contributed by atoms with Crippen molar-refractivity contribution in [2.75, 3.05) is 17.7 Å². The summed E-state index contributed by atoms with van der Waals surface area (Å²) in [4.78, 5) is 16.0. The third kappa shape index (κ3) is 6.35. The molecule has 0 bridgehead atoms. The first kappa shape index (κ1) is 19.1. The van der Waals surface area contributed by atoms with Gasteiger partial charge in [-0.05, 0) is 55.8 Å². The van der Waals surface area contributed by atoms with Crippen LogP contribution in [0.25, 0.3) is 0 Å². The second-order valence-electron chi connectivity index (χ2n) is 6.01. The fourth-order valence-electron chi connectivity index (χ4n) is 2.16. The monoisotopic (exact) mass is 355 g/mol. The lowest BCUT2D eigenvalue weighted by atomic mass is 10.2. The van der Waals surface area contributed by atoms with E-state index in [4.69, 9.17) is 10.5 Å². The number of benzene rings is 2. The predicted molar refractivity (Wildman–Crippen MR) is 106 cm³/mol. The molecule has 2 aromatic rings. The molecule has 0 aliphatic carbocycles. The maximum atomic E-state index is 11.7. The number of methoxy groups -OCH3 is 1. The third-order valence-electron chi connectivity index (χ3n) is 3.43. The molecular formula is C19H25N5O2. The molecule has 7 heteroatoms. The zero-order valence-electron chi connectivity index (χ0n) is 15.2. The number of rotatable bonds is 6. The molecule has 0 saturated heterocycles. The Balaban J connectivity index is 1.87. The minimum atomic E-state index is -0.223. The van der Waals surface area contributed by atoms with Gasteiger partial charge in [-0.3, -0.25) is 0 Å². The van der Waals surface area contributed by atoms with E-state index < -0.39 is 0 Å². The van der Waals surface area contributed by atoms with Crippen LogP contribution in [0, 0.1) is 0 Å². The second-order valence-corrected chi connectivity index (χ2v) is 6.01. The van der Waals surface area contributed by atoms with Crippen molar-refractivity contribution in [3.63, 3.8) is 0 Å². The van der Waals surface area contributed by atoms with Gasteiger partial charge < -0.3 is 26.4 Å². The molecule has 2 amide bonds. The van der Waals surface area contributed by atoms with Gasteiger partial charge in [0.1, 0.15) is 5.75 Å². The average Bonchev–Trinajstić information content (AvgIpc) is 2.61. The predicted octanol–water partition coefficient (Wildman–Crippen LogP) is 3.15. The molecule has 0 aliphatic heterocycles. The van der Waals surface area contributed by atoms with E-state index in [-0.39, 0.29) is 12.1 Å². The molecule has 2 aromatic carbocycles. The lowest BCUT2D eigenvalue weighted by Gasteiger charge is -2.10. The Morgan fingerprint density at radius 3 is 2.19 bits per heavy atom. The van der Waals surface area contributed by atoms with Crippen LogP contribution >= 0.6 is 0 Å². The Morgan fingerprint density at radius 2 is 1.62 bits per heavy atom. The molecule has 0 unspecified atom stereocenters. The average molecular weight is 355 g/mol. The first-order valence-electron chi connectivity index (χ1n) is 8.33. The van der Waals surface area contributed by atoms with Gasteiger partial charge >= 0.3 is 6.03 Å². The highest BCUT2D eigenvalue weighted by Crippen LogP contribution is 2.15. The van der Waals surface area contributed by atoms with Crippen molar-refractivity contribution in [3.05, 3.63) is 54.1 Å². The lowest BCUT2D eigenvalue weighted by molar-refractivity contribution is 0.250. The molecule has 0 heterocycles. The molecule has 0 aliphatic rings. The normalized spacial score (nSPS) is 11.2. The number of urea groups is 1. The smallest absolute Gasteiger partial charge is 0.319 e. The summed E-state index contributed by atoms with van der Waals surface area (Å²) in [6.07, 6.45) is 0. The topological polar surface area (TPSA) is 101 Å². The van der Waals surface area contributed by atoms with Gasteiger partial charge in [0.2, 0.25) is 0 Å². The van der Waals surface area contributed by atoms with E-state index in [1.54, 1.807) is 7.11 Å². The second kappa shape index (κ2) is 9.31. The summed E-state index contributed by atoms with van der Waals surface area (Å²) >= 11 is 0. The standard InChI is InChI=1S/C19H25N5O2/c1-13(2)22-19(25)24-16-6-4-14(5-7-16)12-21-18(20)23-15-8-10-17(26-3)11-9-15/h4-11,13H,12H2,1-3H3,(H3,20,21,23)(H2,22,24,25). The molecular weight excluding hydrogens is 330 g/mol. The number of ether oxygens (including phenoxy) is 1. The van der Waals surface area contributed by atoms with Crippen molar-refractivity contribution in [2.24, 2.45) is 10.7 Å². The Bertz CT molecular complexity index is 740. The van der Waals surface area contributed by atoms with E-state index in [2.05, 4.69) is 20.9 Å². The van der Waals surface area contributed by atoms with E-state index in [1.165, 1.54) is 0 Å². The highest BCUT2D eigenvalue weighted by atomic mass is 16.5. The van der Waals surface area contributed by atoms with E-state index in [1.807, 2.05) is 62.4 Å². The molecule has 138 valence electrons. The first-order chi connectivity index (χ1) is 12.5. The summed E-state index contributed by atoms with van der Waals surface area (Å²) in [5, 5.41) is 8.57. The molecule has 0 radical (unpaired) electrons. The zero-order chi connectivity index (χ0) is 18.9. The number of hydrogen-bond donors (Lipinski definition) is 4. The van der Waals surface area contributed by atoms with E-state index >= 15 is 0 Å². The molecule has 0 atom stereocenters. The van der Waals surface area contributed by atoms with Crippen molar-refractivity contribution >= 4 is 23.4 Å². The molecule has 5 N–H and O–H groups in total. The number of nitrogens with one attached hydrogen (secondary N) is 3. The summed E-state index contributed by atoms with van der Waals surface area (Å²) in [5.41, 5.74) is 8.45. The summed E-state index contributed by atoms with van der Waals surface area (Å²) < 4.78 is 5.11. The Kier molecular flexibility index (Phi) is 6.84. The molecule has 0 fully saturated rings. The maximum Gasteiger partial charge on any atom is 0.319 e. The van der Waals surface area contributed by atoms with Gasteiger partial charge in [0, 0.05) is 17.4 Å². The zero-order valence-corrected chi connectivity index (χ0v) is 15.2. The Hall–Kier alpha value is -3.22. The van der Waals surface area contributed by atoms with Crippen LogP contribution in [0.3, 0.4) is 0 Å². The highest BCUT2D eigenvalue weighted by molar-refractivity contribution is 5.92. The number of nitrogens with zero attached hydrogens (tertiary/aromatic N) is 1. The van der Waals surface area contributed by atoms with Crippen LogP contribution in [0.15, 0.2) is 53.5 Å². The summed E-state index contributed by atoms with van der Waals surface area (Å²) in [5.74, 6) is 1.11. The van der Waals surface area contributed by atoms with Gasteiger partial charge in [-0.1, -0.05) is 12.1 Å². The Labute approximate surface area is 153 Å². The van der Waals surface area contributed by atoms with Crippen LogP contribution in [0.4, 0.5) is 16.2 Å². The van der Waals surface area contributed by atoms with Crippen molar-refractivity contribution < 1.29 is 9.53 Å². The van der Waals surface area contributed by atoms with Crippen LogP contribution in [0.5, 0.6) is 5.75 Å². The molecule has 7 nitrogen and oxygen atoms in total. The molecule has 0 aromatic heterocycles. The van der Waals surface area contributed by atoms with Crippen LogP contribution in [-0.2, 0) is 6.54 Å². The molecule has 0 saturated carbocycles. The summed E-state index contributed by atoms with van der Waals surface area (Å²) in [6.45, 7) is 4.25. The van der Waals surface area contributed by atoms with Gasteiger partial charge in [0.05, 0.1) is 13.7 Å². The number of nitrogens with two attached hydrogens (primary N) is 1. The number of hydrogen-bond acceptors (Lipinski definition) is 3. The van der Waals surface area contributed by atoms with Gasteiger partial charge in [0.25, 0.3) is 0 Å². The number of guanidine groups is 1. The van der Waals surface area contributed by atoms with Crippen molar-refractivity contribution in [1.29, 1.82) is 0 Å². The van der Waals surface area contributed by atoms with E-state index in [0.29, 0.717) is 12.5 Å². The largest absolute Gasteiger partial charge is 0.497 e. The fraction of sp³-hybridized carbons (Fsp3) is 0.263. The van der Waals surface area contributed by atoms with Crippen LogP contribution in [-0.4, -0.2) is 25.1 Å². The maximum absolute atomic E-state index is 11.7. The number of anilines is 2. The number of aliphatic imine (C=N–C) groups is 1. The van der Waals surface area contributed by atoms with Gasteiger partial charge in [-0.15, -0.1) is 0 Å². The minimum absolute atomic E-state index is 0.0878. The summed E-state index contributed by atoms with van der Waals surface area (Å²) in [6, 6.07) is 14.7. The fourth-order valence-corrected chi connectivity index (χ4v) is 2.16. The highest BCUT2D eigenvalue weighted by Gasteiger charge is 2.03. The van der Waals surface area contributed by atoms with E-state index in [0.717, 1.165) is 22.7 Å². The minimum Gasteiger partial charge on any atom is -0.497 e. The molecule has 26 heavy (non-hydrogen) atoms. The van der Waals surface area contributed by atoms with Gasteiger partial charge in [-0.2, -0.15) is 0 Å². The Morgan fingerprint density at radius 1 is 1.04 bits per heavy atom. The van der Waals surface area contributed by atoms with Gasteiger partial charge in [0.15, 0.2) is 5.96 Å². The quantitative estimate of drug-likeness (QED) is 0.472. The lowest BCUT2D eigenvalue weighted by Crippen LogP contribution is -2.34. The number of carbonyl (C=O) groups is 1. The van der Waals surface area contributed by atoms with E-state index in [9.17, 15) is 4.79 Å².